The molecule has 0 radical (unpaired) electrons. The first kappa shape index (κ1) is 12.4. The highest BCUT2D eigenvalue weighted by Crippen LogP contribution is 2.15. The van der Waals surface area contributed by atoms with Gasteiger partial charge >= 0.3 is 0 Å². The molecule has 0 fully saturated rings. The summed E-state index contributed by atoms with van der Waals surface area (Å²) in [7, 11) is -3.42. The standard InChI is InChI=1S/C8H10FN3O3S2/c1-17(13,14)15-3-2-6-5-12-8(10-6)16-7(4-9)11-12/h5H,2-4H2,1H3. The van der Waals surface area contributed by atoms with E-state index in [1.165, 1.54) is 4.52 Å². The molecule has 0 atom stereocenters. The quantitative estimate of drug-likeness (QED) is 0.756. The van der Waals surface area contributed by atoms with E-state index in [-0.39, 0.29) is 6.61 Å². The van der Waals surface area contributed by atoms with E-state index < -0.39 is 16.8 Å². The largest absolute Gasteiger partial charge is 0.270 e. The summed E-state index contributed by atoms with van der Waals surface area (Å²) in [5.74, 6) is 0. The summed E-state index contributed by atoms with van der Waals surface area (Å²) in [6.45, 7) is -0.569. The van der Waals surface area contributed by atoms with Crippen LogP contribution in [0.4, 0.5) is 4.39 Å². The van der Waals surface area contributed by atoms with Gasteiger partial charge in [0, 0.05) is 6.42 Å². The van der Waals surface area contributed by atoms with Gasteiger partial charge in [0.15, 0.2) is 0 Å². The van der Waals surface area contributed by atoms with Crippen LogP contribution in [0.25, 0.3) is 4.96 Å². The number of fused-ring (bicyclic) bond motifs is 1. The van der Waals surface area contributed by atoms with E-state index in [0.29, 0.717) is 22.1 Å². The Labute approximate surface area is 101 Å². The number of halogens is 1. The molecule has 0 aliphatic rings. The summed E-state index contributed by atoms with van der Waals surface area (Å²) in [4.78, 5) is 4.77. The van der Waals surface area contributed by atoms with Crippen molar-refractivity contribution >= 4 is 26.4 Å². The zero-order chi connectivity index (χ0) is 12.5. The van der Waals surface area contributed by atoms with Crippen LogP contribution < -0.4 is 0 Å². The van der Waals surface area contributed by atoms with Crippen molar-refractivity contribution in [1.29, 1.82) is 0 Å². The Morgan fingerprint density at radius 1 is 1.59 bits per heavy atom. The molecule has 0 aliphatic carbocycles. The van der Waals surface area contributed by atoms with E-state index >= 15 is 0 Å². The van der Waals surface area contributed by atoms with Crippen molar-refractivity contribution in [3.63, 3.8) is 0 Å². The number of imidazole rings is 1. The fourth-order valence-corrected chi connectivity index (χ4v) is 2.39. The number of alkyl halides is 1. The van der Waals surface area contributed by atoms with E-state index in [2.05, 4.69) is 14.3 Å². The minimum Gasteiger partial charge on any atom is -0.270 e. The van der Waals surface area contributed by atoms with Crippen molar-refractivity contribution in [1.82, 2.24) is 14.6 Å². The van der Waals surface area contributed by atoms with Gasteiger partial charge in [-0.1, -0.05) is 11.3 Å². The van der Waals surface area contributed by atoms with Gasteiger partial charge in [-0.3, -0.25) is 4.18 Å². The normalized spacial score (nSPS) is 12.4. The van der Waals surface area contributed by atoms with Gasteiger partial charge in [-0.25, -0.2) is 13.9 Å². The Morgan fingerprint density at radius 2 is 2.35 bits per heavy atom. The third-order valence-electron chi connectivity index (χ3n) is 1.90. The van der Waals surface area contributed by atoms with Gasteiger partial charge < -0.3 is 0 Å². The monoisotopic (exact) mass is 279 g/mol. The first-order valence-electron chi connectivity index (χ1n) is 4.72. The van der Waals surface area contributed by atoms with Gasteiger partial charge in [0.2, 0.25) is 4.96 Å². The molecule has 2 aromatic rings. The number of rotatable bonds is 5. The molecule has 0 saturated carbocycles. The Balaban J connectivity index is 2.02. The van der Waals surface area contributed by atoms with Gasteiger partial charge in [0.05, 0.1) is 24.8 Å². The predicted molar refractivity (Wildman–Crippen MR) is 60.2 cm³/mol. The Morgan fingerprint density at radius 3 is 2.94 bits per heavy atom. The second-order valence-electron chi connectivity index (χ2n) is 3.36. The molecule has 2 rings (SSSR count). The van der Waals surface area contributed by atoms with Crippen LogP contribution in [0.3, 0.4) is 0 Å². The van der Waals surface area contributed by atoms with Gasteiger partial charge in [-0.2, -0.15) is 13.5 Å². The summed E-state index contributed by atoms with van der Waals surface area (Å²) in [6, 6.07) is 0. The molecule has 0 spiro atoms. The van der Waals surface area contributed by atoms with Crippen LogP contribution in [0.2, 0.25) is 0 Å². The summed E-state index contributed by atoms with van der Waals surface area (Å²) in [5, 5.41) is 4.31. The Hall–Kier alpha value is -1.06. The van der Waals surface area contributed by atoms with E-state index in [4.69, 9.17) is 0 Å². The second kappa shape index (κ2) is 4.67. The van der Waals surface area contributed by atoms with Crippen molar-refractivity contribution in [2.45, 2.75) is 13.1 Å². The van der Waals surface area contributed by atoms with E-state index in [1.54, 1.807) is 6.20 Å². The van der Waals surface area contributed by atoms with E-state index in [0.717, 1.165) is 17.6 Å². The number of nitrogens with zero attached hydrogens (tertiary/aromatic N) is 3. The maximum Gasteiger partial charge on any atom is 0.264 e. The molecular formula is C8H10FN3O3S2. The van der Waals surface area contributed by atoms with Crippen LogP contribution in [0.5, 0.6) is 0 Å². The molecule has 0 unspecified atom stereocenters. The van der Waals surface area contributed by atoms with Crippen LogP contribution in [-0.2, 0) is 27.4 Å². The van der Waals surface area contributed by atoms with Crippen LogP contribution in [-0.4, -0.2) is 35.9 Å². The Bertz CT molecular complexity index is 588. The van der Waals surface area contributed by atoms with Crippen molar-refractivity contribution in [2.24, 2.45) is 0 Å². The summed E-state index contributed by atoms with van der Waals surface area (Å²) in [6.07, 6.45) is 3.00. The average Bonchev–Trinajstić information content (AvgIpc) is 2.72. The van der Waals surface area contributed by atoms with E-state index in [9.17, 15) is 12.8 Å². The van der Waals surface area contributed by atoms with Gasteiger partial charge in [0.1, 0.15) is 11.7 Å². The number of hydrogen-bond donors (Lipinski definition) is 0. The zero-order valence-electron chi connectivity index (χ0n) is 8.96. The SMILES string of the molecule is CS(=O)(=O)OCCc1cn2nc(CF)sc2n1. The zero-order valence-corrected chi connectivity index (χ0v) is 10.6. The minimum atomic E-state index is -3.42. The first-order valence-corrected chi connectivity index (χ1v) is 7.35. The molecule has 9 heteroatoms. The highest BCUT2D eigenvalue weighted by Gasteiger charge is 2.09. The van der Waals surface area contributed by atoms with Crippen LogP contribution in [0, 0.1) is 0 Å². The molecule has 0 N–H and O–H groups in total. The minimum absolute atomic E-state index is 0.0413. The maximum atomic E-state index is 12.3. The van der Waals surface area contributed by atoms with Crippen LogP contribution >= 0.6 is 11.3 Å². The number of hydrogen-bond acceptors (Lipinski definition) is 6. The lowest BCUT2D eigenvalue weighted by atomic mass is 10.4. The molecule has 2 heterocycles. The first-order chi connectivity index (χ1) is 7.98. The molecule has 0 amide bonds. The van der Waals surface area contributed by atoms with Gasteiger partial charge in [-0.05, 0) is 0 Å². The van der Waals surface area contributed by atoms with Crippen molar-refractivity contribution in [2.75, 3.05) is 12.9 Å². The lowest BCUT2D eigenvalue weighted by Crippen LogP contribution is -2.06. The molecule has 0 bridgehead atoms. The lowest BCUT2D eigenvalue weighted by Gasteiger charge is -1.97. The lowest BCUT2D eigenvalue weighted by molar-refractivity contribution is 0.325. The fourth-order valence-electron chi connectivity index (χ4n) is 1.26. The van der Waals surface area contributed by atoms with Crippen molar-refractivity contribution in [3.05, 3.63) is 16.9 Å². The molecule has 6 nitrogen and oxygen atoms in total. The topological polar surface area (TPSA) is 73.6 Å². The molecule has 0 aliphatic heterocycles. The van der Waals surface area contributed by atoms with Crippen molar-refractivity contribution in [3.8, 4) is 0 Å². The van der Waals surface area contributed by atoms with Gasteiger partial charge in [-0.15, -0.1) is 0 Å². The molecule has 17 heavy (non-hydrogen) atoms. The molecule has 0 saturated heterocycles. The summed E-state index contributed by atoms with van der Waals surface area (Å²) in [5.41, 5.74) is 0.665. The smallest absolute Gasteiger partial charge is 0.264 e. The number of aromatic nitrogens is 3. The fraction of sp³-hybridized carbons (Fsp3) is 0.500. The molecule has 2 aromatic heterocycles. The predicted octanol–water partition coefficient (Wildman–Crippen LogP) is 0.779. The highest BCUT2D eigenvalue weighted by molar-refractivity contribution is 7.85. The average molecular weight is 279 g/mol. The van der Waals surface area contributed by atoms with Crippen molar-refractivity contribution < 1.29 is 17.0 Å². The van der Waals surface area contributed by atoms with Gasteiger partial charge in [0.25, 0.3) is 10.1 Å². The third-order valence-corrected chi connectivity index (χ3v) is 3.39. The third kappa shape index (κ3) is 3.20. The second-order valence-corrected chi connectivity index (χ2v) is 6.05. The molecular weight excluding hydrogens is 269 g/mol. The summed E-state index contributed by atoms with van der Waals surface area (Å²) < 4.78 is 39.8. The van der Waals surface area contributed by atoms with Crippen LogP contribution in [0.15, 0.2) is 6.20 Å². The van der Waals surface area contributed by atoms with E-state index in [1.807, 2.05) is 0 Å². The van der Waals surface area contributed by atoms with Crippen LogP contribution in [0.1, 0.15) is 10.7 Å². The Kier molecular flexibility index (Phi) is 3.40. The summed E-state index contributed by atoms with van der Waals surface area (Å²) >= 11 is 1.16. The highest BCUT2D eigenvalue weighted by atomic mass is 32.2. The molecule has 0 aromatic carbocycles. The molecule has 94 valence electrons. The maximum absolute atomic E-state index is 12.3.